The van der Waals surface area contributed by atoms with Crippen molar-refractivity contribution in [2.24, 2.45) is 0 Å². The van der Waals surface area contributed by atoms with Crippen LogP contribution in [0.4, 0.5) is 0 Å². The maximum Gasteiger partial charge on any atom is 0.251 e. The Bertz CT molecular complexity index is 698. The van der Waals surface area contributed by atoms with Crippen molar-refractivity contribution < 1.29 is 13.2 Å². The maximum absolute atomic E-state index is 12.4. The van der Waals surface area contributed by atoms with Gasteiger partial charge >= 0.3 is 0 Å². The lowest BCUT2D eigenvalue weighted by Crippen LogP contribution is -2.43. The molecule has 21 heavy (non-hydrogen) atoms. The van der Waals surface area contributed by atoms with Gasteiger partial charge in [0.05, 0.1) is 11.5 Å². The Morgan fingerprint density at radius 3 is 2.76 bits per heavy atom. The van der Waals surface area contributed by atoms with Gasteiger partial charge in [-0.3, -0.25) is 9.59 Å². The zero-order valence-corrected chi connectivity index (χ0v) is 14.1. The van der Waals surface area contributed by atoms with Gasteiger partial charge in [0, 0.05) is 29.3 Å². The molecule has 1 saturated heterocycles. The topological polar surface area (TPSA) is 76.5 Å². The Morgan fingerprint density at radius 2 is 2.19 bits per heavy atom. The Morgan fingerprint density at radius 1 is 1.48 bits per heavy atom. The van der Waals surface area contributed by atoms with Gasteiger partial charge in [0.25, 0.3) is 5.56 Å². The van der Waals surface area contributed by atoms with Crippen molar-refractivity contribution in [3.63, 3.8) is 0 Å². The molecular weight excluding hydrogens is 360 g/mol. The van der Waals surface area contributed by atoms with Gasteiger partial charge in [-0.05, 0) is 35.3 Å². The maximum atomic E-state index is 12.4. The lowest BCUT2D eigenvalue weighted by molar-refractivity contribution is -0.133. The number of hydrogen-bond acceptors (Lipinski definition) is 4. The molecule has 6 nitrogen and oxygen atoms in total. The average molecular weight is 377 g/mol. The Hall–Kier alpha value is -1.15. The third-order valence-corrected chi connectivity index (χ3v) is 5.78. The molecule has 1 aromatic heterocycles. The predicted octanol–water partition coefficient (Wildman–Crippen LogP) is 0.646. The Labute approximate surface area is 131 Å². The molecule has 0 radical (unpaired) electrons. The smallest absolute Gasteiger partial charge is 0.251 e. The number of likely N-dealkylation sites (N-methyl/N-ethyl adjacent to an activating group) is 1. The second kappa shape index (κ2) is 6.31. The first-order valence-electron chi connectivity index (χ1n) is 6.68. The minimum Gasteiger partial charge on any atom is -0.337 e. The van der Waals surface area contributed by atoms with Crippen LogP contribution in [0, 0.1) is 0 Å². The third kappa shape index (κ3) is 3.94. The number of rotatable bonds is 4. The summed E-state index contributed by atoms with van der Waals surface area (Å²) in [4.78, 5) is 25.6. The number of nitrogens with zero attached hydrogens (tertiary/aromatic N) is 2. The second-order valence-electron chi connectivity index (χ2n) is 5.05. The molecule has 116 valence electrons. The first kappa shape index (κ1) is 16.2. The van der Waals surface area contributed by atoms with Gasteiger partial charge in [0.15, 0.2) is 9.84 Å². The van der Waals surface area contributed by atoms with Crippen molar-refractivity contribution in [2.45, 2.75) is 25.9 Å². The minimum absolute atomic E-state index is 0.0139. The number of carbonyl (C=O) groups excluding carboxylic acids is 1. The van der Waals surface area contributed by atoms with Crippen LogP contribution in [0.25, 0.3) is 0 Å². The van der Waals surface area contributed by atoms with Crippen LogP contribution in [0.5, 0.6) is 0 Å². The van der Waals surface area contributed by atoms with Gasteiger partial charge in [0.1, 0.15) is 6.54 Å². The predicted molar refractivity (Wildman–Crippen MR) is 82.8 cm³/mol. The monoisotopic (exact) mass is 376 g/mol. The number of amides is 1. The first-order chi connectivity index (χ1) is 9.82. The molecule has 1 aliphatic heterocycles. The van der Waals surface area contributed by atoms with Crippen molar-refractivity contribution >= 4 is 31.7 Å². The summed E-state index contributed by atoms with van der Waals surface area (Å²) >= 11 is 3.26. The van der Waals surface area contributed by atoms with E-state index in [1.165, 1.54) is 10.6 Å². The Balaban J connectivity index is 2.14. The summed E-state index contributed by atoms with van der Waals surface area (Å²) in [6.45, 7) is 2.16. The van der Waals surface area contributed by atoms with Crippen molar-refractivity contribution in [2.75, 3.05) is 18.1 Å². The van der Waals surface area contributed by atoms with E-state index in [0.29, 0.717) is 17.4 Å². The zero-order valence-electron chi connectivity index (χ0n) is 11.7. The van der Waals surface area contributed by atoms with Crippen LogP contribution in [0.2, 0.25) is 0 Å². The van der Waals surface area contributed by atoms with Crippen LogP contribution in [0.15, 0.2) is 27.6 Å². The average Bonchev–Trinajstić information content (AvgIpc) is 2.75. The summed E-state index contributed by atoms with van der Waals surface area (Å²) in [6.07, 6.45) is 2.02. The summed E-state index contributed by atoms with van der Waals surface area (Å²) in [5.41, 5.74) is -0.262. The van der Waals surface area contributed by atoms with Gasteiger partial charge in [-0.25, -0.2) is 8.42 Å². The van der Waals surface area contributed by atoms with E-state index in [4.69, 9.17) is 0 Å². The summed E-state index contributed by atoms with van der Waals surface area (Å²) in [6, 6.07) is 2.72. The molecule has 1 fully saturated rings. The number of pyridine rings is 1. The van der Waals surface area contributed by atoms with Crippen LogP contribution in [0.3, 0.4) is 0 Å². The van der Waals surface area contributed by atoms with Gasteiger partial charge in [-0.2, -0.15) is 0 Å². The Kier molecular flexibility index (Phi) is 4.88. The summed E-state index contributed by atoms with van der Waals surface area (Å²) in [5, 5.41) is 0. The van der Waals surface area contributed by atoms with Crippen LogP contribution in [-0.2, 0) is 21.2 Å². The molecule has 0 bridgehead atoms. The molecule has 1 atom stereocenters. The first-order valence-corrected chi connectivity index (χ1v) is 9.29. The van der Waals surface area contributed by atoms with Crippen LogP contribution < -0.4 is 5.56 Å². The number of aromatic nitrogens is 1. The van der Waals surface area contributed by atoms with Crippen molar-refractivity contribution in [1.29, 1.82) is 0 Å². The fraction of sp³-hybridized carbons (Fsp3) is 0.538. The lowest BCUT2D eigenvalue weighted by atomic mass is 10.2. The van der Waals surface area contributed by atoms with E-state index < -0.39 is 9.84 Å². The molecule has 0 aromatic carbocycles. The summed E-state index contributed by atoms with van der Waals surface area (Å²) < 4.78 is 25.1. The zero-order chi connectivity index (χ0) is 15.6. The fourth-order valence-electron chi connectivity index (χ4n) is 2.52. The highest BCUT2D eigenvalue weighted by molar-refractivity contribution is 9.10. The number of hydrogen-bond donors (Lipinski definition) is 0. The molecule has 0 aliphatic carbocycles. The standard InChI is InChI=1S/C13H17BrN2O4S/c1-2-16(11-5-6-21(19,20)9-11)13(18)8-15-7-10(14)3-4-12(15)17/h3-4,7,11H,2,5-6,8-9H2,1H3. The summed E-state index contributed by atoms with van der Waals surface area (Å²) in [5.74, 6) is -0.0992. The van der Waals surface area contributed by atoms with E-state index in [2.05, 4.69) is 15.9 Å². The van der Waals surface area contributed by atoms with E-state index in [1.807, 2.05) is 6.92 Å². The van der Waals surface area contributed by atoms with Crippen LogP contribution >= 0.6 is 15.9 Å². The van der Waals surface area contributed by atoms with Crippen LogP contribution in [-0.4, -0.2) is 47.9 Å². The molecule has 0 saturated carbocycles. The SMILES string of the molecule is CCN(C(=O)Cn1cc(Br)ccc1=O)C1CCS(=O)(=O)C1. The molecule has 1 amide bonds. The molecule has 1 aliphatic rings. The van der Waals surface area contributed by atoms with E-state index in [9.17, 15) is 18.0 Å². The molecule has 2 heterocycles. The molecular formula is C13H17BrN2O4S. The number of carbonyl (C=O) groups is 1. The van der Waals surface area contributed by atoms with Gasteiger partial charge < -0.3 is 9.47 Å². The summed E-state index contributed by atoms with van der Waals surface area (Å²) in [7, 11) is -3.04. The van der Waals surface area contributed by atoms with Gasteiger partial charge in [-0.15, -0.1) is 0 Å². The third-order valence-electron chi connectivity index (χ3n) is 3.56. The molecule has 1 unspecified atom stereocenters. The molecule has 8 heteroatoms. The molecule has 2 rings (SSSR count). The van der Waals surface area contributed by atoms with Gasteiger partial charge in [0.2, 0.25) is 5.91 Å². The fourth-order valence-corrected chi connectivity index (χ4v) is 4.63. The largest absolute Gasteiger partial charge is 0.337 e. The van der Waals surface area contributed by atoms with E-state index in [-0.39, 0.29) is 35.6 Å². The number of halogens is 1. The van der Waals surface area contributed by atoms with Crippen molar-refractivity contribution in [3.05, 3.63) is 33.2 Å². The molecule has 0 N–H and O–H groups in total. The highest BCUT2D eigenvalue weighted by Gasteiger charge is 2.33. The second-order valence-corrected chi connectivity index (χ2v) is 8.19. The van der Waals surface area contributed by atoms with E-state index in [1.54, 1.807) is 17.2 Å². The highest BCUT2D eigenvalue weighted by atomic mass is 79.9. The quantitative estimate of drug-likeness (QED) is 0.772. The normalized spacial score (nSPS) is 20.4. The minimum atomic E-state index is -3.04. The highest BCUT2D eigenvalue weighted by Crippen LogP contribution is 2.18. The van der Waals surface area contributed by atoms with Crippen molar-refractivity contribution in [1.82, 2.24) is 9.47 Å². The number of sulfone groups is 1. The lowest BCUT2D eigenvalue weighted by Gasteiger charge is -2.27. The van der Waals surface area contributed by atoms with E-state index in [0.717, 1.165) is 0 Å². The van der Waals surface area contributed by atoms with E-state index >= 15 is 0 Å². The van der Waals surface area contributed by atoms with Crippen LogP contribution in [0.1, 0.15) is 13.3 Å². The molecule has 0 spiro atoms. The van der Waals surface area contributed by atoms with Crippen molar-refractivity contribution in [3.8, 4) is 0 Å². The molecule has 1 aromatic rings. The van der Waals surface area contributed by atoms with Gasteiger partial charge in [-0.1, -0.05) is 0 Å².